The highest BCUT2D eigenvalue weighted by molar-refractivity contribution is 5.76. The maximum atomic E-state index is 12.0. The van der Waals surface area contributed by atoms with Gasteiger partial charge in [0, 0.05) is 18.4 Å². The Morgan fingerprint density at radius 2 is 2.24 bits per heavy atom. The molecule has 2 aromatic heterocycles. The van der Waals surface area contributed by atoms with Gasteiger partial charge in [0.05, 0.1) is 12.4 Å². The zero-order chi connectivity index (χ0) is 14.7. The van der Waals surface area contributed by atoms with E-state index in [4.69, 9.17) is 0 Å². The number of carbonyl (C=O) groups is 1. The van der Waals surface area contributed by atoms with Crippen molar-refractivity contribution >= 4 is 5.91 Å². The number of imidazole rings is 1. The van der Waals surface area contributed by atoms with Crippen molar-refractivity contribution in [2.75, 3.05) is 0 Å². The average Bonchev–Trinajstić information content (AvgIpc) is 3.20. The van der Waals surface area contributed by atoms with E-state index >= 15 is 0 Å². The first-order chi connectivity index (χ1) is 10.2. The van der Waals surface area contributed by atoms with E-state index in [2.05, 4.69) is 25.1 Å². The average molecular weight is 288 g/mol. The Labute approximate surface area is 123 Å². The monoisotopic (exact) mass is 288 g/mol. The lowest BCUT2D eigenvalue weighted by atomic mass is 10.2. The molecule has 1 amide bonds. The molecule has 1 unspecified atom stereocenters. The highest BCUT2D eigenvalue weighted by Crippen LogP contribution is 2.30. The molecule has 1 saturated carbocycles. The van der Waals surface area contributed by atoms with E-state index in [9.17, 15) is 4.79 Å². The Morgan fingerprint density at radius 1 is 1.43 bits per heavy atom. The van der Waals surface area contributed by atoms with E-state index in [0.717, 1.165) is 5.82 Å². The fourth-order valence-corrected chi connectivity index (χ4v) is 2.92. The van der Waals surface area contributed by atoms with Gasteiger partial charge in [-0.05, 0) is 19.8 Å². The van der Waals surface area contributed by atoms with Crippen molar-refractivity contribution in [2.24, 2.45) is 0 Å². The van der Waals surface area contributed by atoms with E-state index < -0.39 is 0 Å². The van der Waals surface area contributed by atoms with Crippen LogP contribution in [0.25, 0.3) is 0 Å². The Bertz CT molecular complexity index is 584. The molecule has 112 valence electrons. The van der Waals surface area contributed by atoms with Crippen LogP contribution < -0.4 is 5.32 Å². The summed E-state index contributed by atoms with van der Waals surface area (Å²) in [6.07, 6.45) is 11.7. The number of hydrogen-bond donors (Lipinski definition) is 1. The van der Waals surface area contributed by atoms with Crippen LogP contribution in [0.3, 0.4) is 0 Å². The van der Waals surface area contributed by atoms with Crippen LogP contribution in [0.2, 0.25) is 0 Å². The Balaban J connectivity index is 1.63. The van der Waals surface area contributed by atoms with Gasteiger partial charge in [0.25, 0.3) is 0 Å². The standard InChI is InChI=1S/C14H20N6O/c1-11(17-13(21)8-19-7-6-15-9-19)14-18-16-10-20(14)12-4-2-3-5-12/h6-7,9-12H,2-5,8H2,1H3,(H,17,21). The summed E-state index contributed by atoms with van der Waals surface area (Å²) < 4.78 is 3.86. The molecule has 2 heterocycles. The molecule has 0 aliphatic heterocycles. The second-order valence-electron chi connectivity index (χ2n) is 5.56. The Hall–Kier alpha value is -2.18. The van der Waals surface area contributed by atoms with Gasteiger partial charge in [0.1, 0.15) is 12.9 Å². The van der Waals surface area contributed by atoms with Crippen LogP contribution in [-0.2, 0) is 11.3 Å². The van der Waals surface area contributed by atoms with Gasteiger partial charge in [0.15, 0.2) is 5.82 Å². The second-order valence-corrected chi connectivity index (χ2v) is 5.56. The molecule has 0 saturated heterocycles. The van der Waals surface area contributed by atoms with Crippen LogP contribution in [0.15, 0.2) is 25.0 Å². The summed E-state index contributed by atoms with van der Waals surface area (Å²) in [5.74, 6) is 0.780. The highest BCUT2D eigenvalue weighted by atomic mass is 16.2. The number of amides is 1. The second kappa shape index (κ2) is 6.07. The SMILES string of the molecule is CC(NC(=O)Cn1ccnc1)c1nncn1C1CCCC1. The predicted molar refractivity (Wildman–Crippen MR) is 76.3 cm³/mol. The normalized spacial score (nSPS) is 17.0. The highest BCUT2D eigenvalue weighted by Gasteiger charge is 2.23. The number of aromatic nitrogens is 5. The number of nitrogens with zero attached hydrogens (tertiary/aromatic N) is 5. The predicted octanol–water partition coefficient (Wildman–Crippen LogP) is 1.47. The molecule has 0 radical (unpaired) electrons. The number of hydrogen-bond acceptors (Lipinski definition) is 4. The molecular weight excluding hydrogens is 268 g/mol. The summed E-state index contributed by atoms with van der Waals surface area (Å²) >= 11 is 0. The summed E-state index contributed by atoms with van der Waals surface area (Å²) in [5.41, 5.74) is 0. The molecule has 2 aromatic rings. The van der Waals surface area contributed by atoms with E-state index in [1.54, 1.807) is 29.6 Å². The van der Waals surface area contributed by atoms with Crippen LogP contribution in [0.1, 0.15) is 50.5 Å². The van der Waals surface area contributed by atoms with E-state index in [1.807, 2.05) is 6.92 Å². The van der Waals surface area contributed by atoms with Gasteiger partial charge in [0.2, 0.25) is 5.91 Å². The lowest BCUT2D eigenvalue weighted by Crippen LogP contribution is -2.31. The van der Waals surface area contributed by atoms with Crippen LogP contribution in [0, 0.1) is 0 Å². The van der Waals surface area contributed by atoms with Gasteiger partial charge in [-0.25, -0.2) is 4.98 Å². The summed E-state index contributed by atoms with van der Waals surface area (Å²) in [7, 11) is 0. The zero-order valence-electron chi connectivity index (χ0n) is 12.1. The molecule has 1 aliphatic carbocycles. The molecule has 7 heteroatoms. The van der Waals surface area contributed by atoms with Gasteiger partial charge in [-0.1, -0.05) is 12.8 Å². The van der Waals surface area contributed by atoms with E-state index in [1.165, 1.54) is 25.7 Å². The topological polar surface area (TPSA) is 77.6 Å². The van der Waals surface area contributed by atoms with Gasteiger partial charge >= 0.3 is 0 Å². The Morgan fingerprint density at radius 3 is 2.95 bits per heavy atom. The number of carbonyl (C=O) groups excluding carboxylic acids is 1. The molecule has 7 nitrogen and oxygen atoms in total. The smallest absolute Gasteiger partial charge is 0.240 e. The molecular formula is C14H20N6O. The molecule has 0 bridgehead atoms. The van der Waals surface area contributed by atoms with Crippen LogP contribution in [-0.4, -0.2) is 30.2 Å². The minimum Gasteiger partial charge on any atom is -0.345 e. The minimum atomic E-state index is -0.149. The summed E-state index contributed by atoms with van der Waals surface area (Å²) in [5, 5.41) is 11.2. The molecule has 1 atom stereocenters. The van der Waals surface area contributed by atoms with Crippen molar-refractivity contribution in [3.8, 4) is 0 Å². The summed E-state index contributed by atoms with van der Waals surface area (Å²) in [6.45, 7) is 2.21. The molecule has 1 fully saturated rings. The maximum absolute atomic E-state index is 12.0. The molecule has 0 spiro atoms. The lowest BCUT2D eigenvalue weighted by Gasteiger charge is -2.18. The van der Waals surface area contributed by atoms with Crippen molar-refractivity contribution in [3.05, 3.63) is 30.9 Å². The van der Waals surface area contributed by atoms with Crippen molar-refractivity contribution < 1.29 is 4.79 Å². The number of rotatable bonds is 5. The third-order valence-corrected chi connectivity index (χ3v) is 3.97. The summed E-state index contributed by atoms with van der Waals surface area (Å²) in [6, 6.07) is 0.326. The van der Waals surface area contributed by atoms with E-state index in [0.29, 0.717) is 6.04 Å². The van der Waals surface area contributed by atoms with Gasteiger partial charge in [-0.2, -0.15) is 0 Å². The largest absolute Gasteiger partial charge is 0.345 e. The zero-order valence-corrected chi connectivity index (χ0v) is 12.1. The molecule has 1 aliphatic rings. The van der Waals surface area contributed by atoms with Gasteiger partial charge in [-0.15, -0.1) is 10.2 Å². The van der Waals surface area contributed by atoms with Crippen molar-refractivity contribution in [1.29, 1.82) is 0 Å². The molecule has 21 heavy (non-hydrogen) atoms. The number of nitrogens with one attached hydrogen (secondary N) is 1. The first-order valence-electron chi connectivity index (χ1n) is 7.38. The first-order valence-corrected chi connectivity index (χ1v) is 7.38. The summed E-state index contributed by atoms with van der Waals surface area (Å²) in [4.78, 5) is 16.0. The third-order valence-electron chi connectivity index (χ3n) is 3.97. The molecule has 3 rings (SSSR count). The van der Waals surface area contributed by atoms with Crippen LogP contribution >= 0.6 is 0 Å². The van der Waals surface area contributed by atoms with Crippen LogP contribution in [0.5, 0.6) is 0 Å². The van der Waals surface area contributed by atoms with Crippen LogP contribution in [0.4, 0.5) is 0 Å². The van der Waals surface area contributed by atoms with Gasteiger partial charge < -0.3 is 14.5 Å². The minimum absolute atomic E-state index is 0.0542. The van der Waals surface area contributed by atoms with E-state index in [-0.39, 0.29) is 18.5 Å². The first kappa shape index (κ1) is 13.8. The maximum Gasteiger partial charge on any atom is 0.240 e. The van der Waals surface area contributed by atoms with Crippen molar-refractivity contribution in [2.45, 2.75) is 51.2 Å². The fraction of sp³-hybridized carbons (Fsp3) is 0.571. The molecule has 1 N–H and O–H groups in total. The Kier molecular flexibility index (Phi) is 3.98. The molecule has 0 aromatic carbocycles. The fourth-order valence-electron chi connectivity index (χ4n) is 2.92. The van der Waals surface area contributed by atoms with Crippen molar-refractivity contribution in [3.63, 3.8) is 0 Å². The van der Waals surface area contributed by atoms with Crippen molar-refractivity contribution in [1.82, 2.24) is 29.6 Å². The van der Waals surface area contributed by atoms with Gasteiger partial charge in [-0.3, -0.25) is 4.79 Å². The lowest BCUT2D eigenvalue weighted by molar-refractivity contribution is -0.122. The quantitative estimate of drug-likeness (QED) is 0.903. The third kappa shape index (κ3) is 3.12.